The molecular formula is C13H18Cl. The van der Waals surface area contributed by atoms with Gasteiger partial charge in [0.1, 0.15) is 0 Å². The third-order valence-corrected chi connectivity index (χ3v) is 2.77. The van der Waals surface area contributed by atoms with E-state index in [0.29, 0.717) is 0 Å². The molecule has 0 saturated heterocycles. The van der Waals surface area contributed by atoms with Crippen LogP contribution in [-0.2, 0) is 12.8 Å². The van der Waals surface area contributed by atoms with E-state index in [0.717, 1.165) is 30.7 Å². The SMILES string of the molecule is [CH2]CCCc1c(Cl)cccc1CCC. The predicted octanol–water partition coefficient (Wildman–Crippen LogP) is 4.45. The van der Waals surface area contributed by atoms with Crippen molar-refractivity contribution in [3.8, 4) is 0 Å². The van der Waals surface area contributed by atoms with Gasteiger partial charge in [0, 0.05) is 5.02 Å². The van der Waals surface area contributed by atoms with Gasteiger partial charge in [-0.25, -0.2) is 0 Å². The lowest BCUT2D eigenvalue weighted by Gasteiger charge is -2.10. The Bertz CT molecular complexity index is 279. The highest BCUT2D eigenvalue weighted by Crippen LogP contribution is 2.23. The zero-order valence-electron chi connectivity index (χ0n) is 8.85. The molecule has 0 aliphatic rings. The van der Waals surface area contributed by atoms with Gasteiger partial charge in [0.25, 0.3) is 0 Å². The number of aryl methyl sites for hydroxylation is 1. The summed E-state index contributed by atoms with van der Waals surface area (Å²) in [5.41, 5.74) is 2.74. The zero-order chi connectivity index (χ0) is 10.4. The van der Waals surface area contributed by atoms with Gasteiger partial charge in [-0.2, -0.15) is 0 Å². The van der Waals surface area contributed by atoms with Crippen LogP contribution in [0.15, 0.2) is 18.2 Å². The third kappa shape index (κ3) is 3.02. The van der Waals surface area contributed by atoms with Crippen LogP contribution >= 0.6 is 11.6 Å². The fraction of sp³-hybridized carbons (Fsp3) is 0.462. The van der Waals surface area contributed by atoms with E-state index in [1.165, 1.54) is 17.5 Å². The second kappa shape index (κ2) is 6.08. The minimum absolute atomic E-state index is 0.921. The van der Waals surface area contributed by atoms with Crippen molar-refractivity contribution in [1.82, 2.24) is 0 Å². The van der Waals surface area contributed by atoms with Crippen LogP contribution in [0.1, 0.15) is 37.3 Å². The summed E-state index contributed by atoms with van der Waals surface area (Å²) in [4.78, 5) is 0. The molecule has 0 aromatic heterocycles. The smallest absolute Gasteiger partial charge is 0.0440 e. The maximum absolute atomic E-state index is 6.18. The maximum atomic E-state index is 6.18. The van der Waals surface area contributed by atoms with Crippen LogP contribution in [0.5, 0.6) is 0 Å². The van der Waals surface area contributed by atoms with Crippen LogP contribution in [0, 0.1) is 6.92 Å². The number of hydrogen-bond acceptors (Lipinski definition) is 0. The first-order chi connectivity index (χ1) is 6.79. The van der Waals surface area contributed by atoms with Crippen molar-refractivity contribution in [3.63, 3.8) is 0 Å². The molecule has 0 heterocycles. The van der Waals surface area contributed by atoms with Gasteiger partial charge in [-0.3, -0.25) is 0 Å². The fourth-order valence-corrected chi connectivity index (χ4v) is 1.98. The van der Waals surface area contributed by atoms with Crippen LogP contribution < -0.4 is 0 Å². The highest BCUT2D eigenvalue weighted by molar-refractivity contribution is 6.31. The summed E-state index contributed by atoms with van der Waals surface area (Å²) in [6.07, 6.45) is 5.49. The van der Waals surface area contributed by atoms with Crippen molar-refractivity contribution < 1.29 is 0 Å². The van der Waals surface area contributed by atoms with Gasteiger partial charge in [-0.15, -0.1) is 0 Å². The topological polar surface area (TPSA) is 0 Å². The summed E-state index contributed by atoms with van der Waals surface area (Å²) >= 11 is 6.18. The molecule has 1 aromatic rings. The van der Waals surface area contributed by atoms with E-state index < -0.39 is 0 Å². The van der Waals surface area contributed by atoms with Gasteiger partial charge in [0.15, 0.2) is 0 Å². The highest BCUT2D eigenvalue weighted by atomic mass is 35.5. The fourth-order valence-electron chi connectivity index (χ4n) is 1.69. The standard InChI is InChI=1S/C13H18Cl/c1-3-5-9-12-11(7-4-2)8-6-10-13(12)14/h6,8,10H,1,3-5,7,9H2,2H3. The largest absolute Gasteiger partial charge is 0.0840 e. The predicted molar refractivity (Wildman–Crippen MR) is 63.7 cm³/mol. The lowest BCUT2D eigenvalue weighted by molar-refractivity contribution is 0.816. The molecule has 0 spiro atoms. The second-order valence-corrected chi connectivity index (χ2v) is 3.99. The Morgan fingerprint density at radius 2 is 2.07 bits per heavy atom. The molecule has 1 heteroatoms. The molecule has 0 aliphatic heterocycles. The van der Waals surface area contributed by atoms with Crippen molar-refractivity contribution in [3.05, 3.63) is 41.3 Å². The number of rotatable bonds is 5. The van der Waals surface area contributed by atoms with E-state index >= 15 is 0 Å². The average molecular weight is 210 g/mol. The van der Waals surface area contributed by atoms with E-state index in [1.54, 1.807) is 0 Å². The first-order valence-corrected chi connectivity index (χ1v) is 5.73. The van der Waals surface area contributed by atoms with Gasteiger partial charge >= 0.3 is 0 Å². The molecule has 1 radical (unpaired) electrons. The van der Waals surface area contributed by atoms with Gasteiger partial charge < -0.3 is 0 Å². The van der Waals surface area contributed by atoms with E-state index in [2.05, 4.69) is 19.9 Å². The normalized spacial score (nSPS) is 10.5. The Labute approximate surface area is 92.3 Å². The summed E-state index contributed by atoms with van der Waals surface area (Å²) in [5.74, 6) is 0. The van der Waals surface area contributed by atoms with E-state index in [9.17, 15) is 0 Å². The molecule has 1 rings (SSSR count). The van der Waals surface area contributed by atoms with Gasteiger partial charge in [0.2, 0.25) is 0 Å². The molecule has 0 aliphatic carbocycles. The molecule has 0 amide bonds. The van der Waals surface area contributed by atoms with Gasteiger partial charge in [-0.1, -0.05) is 50.4 Å². The summed E-state index contributed by atoms with van der Waals surface area (Å²) < 4.78 is 0. The monoisotopic (exact) mass is 209 g/mol. The molecule has 0 nitrogen and oxygen atoms in total. The molecule has 0 N–H and O–H groups in total. The first-order valence-electron chi connectivity index (χ1n) is 5.35. The number of hydrogen-bond donors (Lipinski definition) is 0. The zero-order valence-corrected chi connectivity index (χ0v) is 9.61. The van der Waals surface area contributed by atoms with Crippen LogP contribution in [-0.4, -0.2) is 0 Å². The van der Waals surface area contributed by atoms with Crippen LogP contribution in [0.3, 0.4) is 0 Å². The third-order valence-electron chi connectivity index (χ3n) is 2.41. The maximum Gasteiger partial charge on any atom is 0.0440 e. The lowest BCUT2D eigenvalue weighted by atomic mass is 9.99. The Morgan fingerprint density at radius 3 is 2.71 bits per heavy atom. The van der Waals surface area contributed by atoms with E-state index in [4.69, 9.17) is 11.6 Å². The van der Waals surface area contributed by atoms with Crippen LogP contribution in [0.25, 0.3) is 0 Å². The molecule has 0 atom stereocenters. The van der Waals surface area contributed by atoms with Gasteiger partial charge in [0.05, 0.1) is 0 Å². The molecule has 14 heavy (non-hydrogen) atoms. The molecule has 1 aromatic carbocycles. The molecule has 0 unspecified atom stereocenters. The lowest BCUT2D eigenvalue weighted by Crippen LogP contribution is -1.95. The molecule has 77 valence electrons. The Hall–Kier alpha value is -0.490. The summed E-state index contributed by atoms with van der Waals surface area (Å²) in [7, 11) is 0. The summed E-state index contributed by atoms with van der Waals surface area (Å²) in [5, 5.41) is 0.921. The van der Waals surface area contributed by atoms with Crippen LogP contribution in [0.2, 0.25) is 5.02 Å². The molecule has 0 saturated carbocycles. The quantitative estimate of drug-likeness (QED) is 0.672. The van der Waals surface area contributed by atoms with E-state index in [1.807, 2.05) is 12.1 Å². The van der Waals surface area contributed by atoms with Crippen molar-refractivity contribution in [2.24, 2.45) is 0 Å². The Balaban J connectivity index is 2.84. The minimum atomic E-state index is 0.921. The molecular weight excluding hydrogens is 192 g/mol. The highest BCUT2D eigenvalue weighted by Gasteiger charge is 2.05. The van der Waals surface area contributed by atoms with Crippen molar-refractivity contribution in [2.45, 2.75) is 39.0 Å². The summed E-state index contributed by atoms with van der Waals surface area (Å²) in [6, 6.07) is 6.22. The second-order valence-electron chi connectivity index (χ2n) is 3.58. The van der Waals surface area contributed by atoms with Gasteiger partial charge in [-0.05, 0) is 36.5 Å². The number of benzene rings is 1. The Kier molecular flexibility index (Phi) is 5.03. The number of unbranched alkanes of at least 4 members (excludes halogenated alkanes) is 1. The average Bonchev–Trinajstić information content (AvgIpc) is 2.18. The molecule has 0 bridgehead atoms. The van der Waals surface area contributed by atoms with Crippen molar-refractivity contribution in [2.75, 3.05) is 0 Å². The number of halogens is 1. The molecule has 0 fully saturated rings. The van der Waals surface area contributed by atoms with Crippen LogP contribution in [0.4, 0.5) is 0 Å². The summed E-state index contributed by atoms with van der Waals surface area (Å²) in [6.45, 7) is 6.06. The minimum Gasteiger partial charge on any atom is -0.0840 e. The van der Waals surface area contributed by atoms with Crippen molar-refractivity contribution >= 4 is 11.6 Å². The van der Waals surface area contributed by atoms with E-state index in [-0.39, 0.29) is 0 Å². The first kappa shape index (κ1) is 11.6. The Morgan fingerprint density at radius 1 is 1.29 bits per heavy atom. The van der Waals surface area contributed by atoms with Crippen molar-refractivity contribution in [1.29, 1.82) is 0 Å².